The molecule has 1 aromatic heterocycles. The molecule has 0 unspecified atom stereocenters. The van der Waals surface area contributed by atoms with Gasteiger partial charge in [-0.1, -0.05) is 19.4 Å². The molecule has 0 aliphatic heterocycles. The number of unbranched alkanes of at least 4 members (excludes halogenated alkanes) is 1. The van der Waals surface area contributed by atoms with Gasteiger partial charge in [-0.2, -0.15) is 5.10 Å². The highest BCUT2D eigenvalue weighted by Crippen LogP contribution is 2.21. The van der Waals surface area contributed by atoms with E-state index in [2.05, 4.69) is 31.9 Å². The second kappa shape index (κ2) is 5.25. The average molecular weight is 244 g/mol. The van der Waals surface area contributed by atoms with Crippen LogP contribution in [-0.4, -0.2) is 14.9 Å². The van der Waals surface area contributed by atoms with Gasteiger partial charge in [-0.25, -0.2) is 4.68 Å². The molecule has 0 bridgehead atoms. The number of hydrogen-bond donors (Lipinski definition) is 1. The van der Waals surface area contributed by atoms with Crippen molar-refractivity contribution < 1.29 is 5.11 Å². The van der Waals surface area contributed by atoms with E-state index in [1.165, 1.54) is 11.1 Å². The van der Waals surface area contributed by atoms with E-state index in [0.29, 0.717) is 0 Å². The lowest BCUT2D eigenvalue weighted by molar-refractivity contribution is 0.433. The summed E-state index contributed by atoms with van der Waals surface area (Å²) in [4.78, 5) is 0. The molecule has 3 nitrogen and oxygen atoms in total. The molecule has 0 fully saturated rings. The van der Waals surface area contributed by atoms with Crippen LogP contribution in [0.5, 0.6) is 5.88 Å². The van der Waals surface area contributed by atoms with E-state index in [-0.39, 0.29) is 5.88 Å². The zero-order chi connectivity index (χ0) is 13.1. The van der Waals surface area contributed by atoms with Gasteiger partial charge >= 0.3 is 0 Å². The van der Waals surface area contributed by atoms with E-state index < -0.39 is 0 Å². The molecule has 1 heterocycles. The van der Waals surface area contributed by atoms with Crippen molar-refractivity contribution in [1.29, 1.82) is 0 Å². The minimum atomic E-state index is 0.212. The lowest BCUT2D eigenvalue weighted by Crippen LogP contribution is -1.98. The maximum absolute atomic E-state index is 9.94. The summed E-state index contributed by atoms with van der Waals surface area (Å²) < 4.78 is 1.61. The number of benzene rings is 1. The summed E-state index contributed by atoms with van der Waals surface area (Å²) in [6.07, 6.45) is 3.16. The first-order valence-corrected chi connectivity index (χ1v) is 6.47. The SMILES string of the molecule is CCCCc1cc(O)n(-c2ccc(C)c(C)c2)n1. The van der Waals surface area contributed by atoms with Gasteiger partial charge in [-0.3, -0.25) is 0 Å². The third kappa shape index (κ3) is 2.55. The monoisotopic (exact) mass is 244 g/mol. The lowest BCUT2D eigenvalue weighted by atomic mass is 10.1. The number of hydrogen-bond acceptors (Lipinski definition) is 2. The van der Waals surface area contributed by atoms with Crippen molar-refractivity contribution in [2.75, 3.05) is 0 Å². The maximum atomic E-state index is 9.94. The third-order valence-corrected chi connectivity index (χ3v) is 3.26. The first-order valence-electron chi connectivity index (χ1n) is 6.47. The van der Waals surface area contributed by atoms with Crippen LogP contribution in [0, 0.1) is 13.8 Å². The van der Waals surface area contributed by atoms with Crippen molar-refractivity contribution >= 4 is 0 Å². The van der Waals surface area contributed by atoms with E-state index in [1.54, 1.807) is 10.7 Å². The van der Waals surface area contributed by atoms with Crippen molar-refractivity contribution in [3.05, 3.63) is 41.1 Å². The van der Waals surface area contributed by atoms with Crippen LogP contribution in [-0.2, 0) is 6.42 Å². The zero-order valence-electron chi connectivity index (χ0n) is 11.3. The Bertz CT molecular complexity index is 543. The molecule has 3 heteroatoms. The largest absolute Gasteiger partial charge is 0.493 e. The van der Waals surface area contributed by atoms with Gasteiger partial charge in [-0.05, 0) is 49.9 Å². The average Bonchev–Trinajstić information content (AvgIpc) is 2.71. The van der Waals surface area contributed by atoms with E-state index in [0.717, 1.165) is 30.6 Å². The van der Waals surface area contributed by atoms with Crippen LogP contribution in [0.3, 0.4) is 0 Å². The normalized spacial score (nSPS) is 10.8. The molecule has 0 atom stereocenters. The van der Waals surface area contributed by atoms with E-state index in [4.69, 9.17) is 0 Å². The molecule has 18 heavy (non-hydrogen) atoms. The minimum Gasteiger partial charge on any atom is -0.493 e. The first-order chi connectivity index (χ1) is 8.61. The van der Waals surface area contributed by atoms with Crippen LogP contribution in [0.4, 0.5) is 0 Å². The van der Waals surface area contributed by atoms with Crippen LogP contribution in [0.1, 0.15) is 36.6 Å². The van der Waals surface area contributed by atoms with E-state index in [1.807, 2.05) is 12.1 Å². The Hall–Kier alpha value is -1.77. The number of aryl methyl sites for hydroxylation is 3. The van der Waals surface area contributed by atoms with Gasteiger partial charge in [0.25, 0.3) is 0 Å². The smallest absolute Gasteiger partial charge is 0.214 e. The minimum absolute atomic E-state index is 0.212. The highest BCUT2D eigenvalue weighted by atomic mass is 16.3. The molecule has 2 aromatic rings. The molecule has 0 saturated heterocycles. The molecule has 1 N–H and O–H groups in total. The topological polar surface area (TPSA) is 38.0 Å². The summed E-state index contributed by atoms with van der Waals surface area (Å²) in [5, 5.41) is 14.4. The van der Waals surface area contributed by atoms with Crippen molar-refractivity contribution in [3.63, 3.8) is 0 Å². The fourth-order valence-electron chi connectivity index (χ4n) is 1.95. The van der Waals surface area contributed by atoms with E-state index >= 15 is 0 Å². The predicted octanol–water partition coefficient (Wildman–Crippen LogP) is 3.54. The summed E-state index contributed by atoms with van der Waals surface area (Å²) in [5.74, 6) is 0.212. The van der Waals surface area contributed by atoms with Crippen molar-refractivity contribution in [2.24, 2.45) is 0 Å². The highest BCUT2D eigenvalue weighted by molar-refractivity contribution is 5.41. The second-order valence-electron chi connectivity index (χ2n) is 4.78. The number of aromatic nitrogens is 2. The van der Waals surface area contributed by atoms with Crippen molar-refractivity contribution in [2.45, 2.75) is 40.0 Å². The Kier molecular flexibility index (Phi) is 3.70. The Balaban J connectivity index is 2.32. The Morgan fingerprint density at radius 2 is 1.94 bits per heavy atom. The van der Waals surface area contributed by atoms with Gasteiger partial charge in [0.2, 0.25) is 5.88 Å². The van der Waals surface area contributed by atoms with Crippen LogP contribution in [0.15, 0.2) is 24.3 Å². The number of rotatable bonds is 4. The molecular formula is C15H20N2O. The molecular weight excluding hydrogens is 224 g/mol. The molecule has 2 rings (SSSR count). The third-order valence-electron chi connectivity index (χ3n) is 3.26. The summed E-state index contributed by atoms with van der Waals surface area (Å²) in [7, 11) is 0. The predicted molar refractivity (Wildman–Crippen MR) is 73.3 cm³/mol. The quantitative estimate of drug-likeness (QED) is 0.893. The fourth-order valence-corrected chi connectivity index (χ4v) is 1.95. The molecule has 0 radical (unpaired) electrons. The highest BCUT2D eigenvalue weighted by Gasteiger charge is 2.08. The second-order valence-corrected chi connectivity index (χ2v) is 4.78. The van der Waals surface area contributed by atoms with Crippen molar-refractivity contribution in [1.82, 2.24) is 9.78 Å². The molecule has 0 aliphatic carbocycles. The summed E-state index contributed by atoms with van der Waals surface area (Å²) >= 11 is 0. The Morgan fingerprint density at radius 1 is 1.17 bits per heavy atom. The van der Waals surface area contributed by atoms with Gasteiger partial charge < -0.3 is 5.11 Å². The van der Waals surface area contributed by atoms with Gasteiger partial charge in [0.05, 0.1) is 11.4 Å². The molecule has 0 amide bonds. The molecule has 0 spiro atoms. The molecule has 1 aromatic carbocycles. The van der Waals surface area contributed by atoms with Crippen LogP contribution < -0.4 is 0 Å². The standard InChI is InChI=1S/C15H20N2O/c1-4-5-6-13-10-15(18)17(16-13)14-8-7-11(2)12(3)9-14/h7-10,18H,4-6H2,1-3H3. The summed E-state index contributed by atoms with van der Waals surface area (Å²) in [6.45, 7) is 6.30. The maximum Gasteiger partial charge on any atom is 0.214 e. The van der Waals surface area contributed by atoms with Gasteiger partial charge in [0, 0.05) is 6.07 Å². The zero-order valence-corrected chi connectivity index (χ0v) is 11.3. The molecule has 96 valence electrons. The number of aromatic hydroxyl groups is 1. The van der Waals surface area contributed by atoms with E-state index in [9.17, 15) is 5.11 Å². The first kappa shape index (κ1) is 12.7. The Labute approximate surface area is 108 Å². The van der Waals surface area contributed by atoms with Crippen LogP contribution in [0.2, 0.25) is 0 Å². The molecule has 0 aliphatic rings. The summed E-state index contributed by atoms with van der Waals surface area (Å²) in [6, 6.07) is 7.84. The number of nitrogens with zero attached hydrogens (tertiary/aromatic N) is 2. The van der Waals surface area contributed by atoms with Gasteiger partial charge in [0.15, 0.2) is 0 Å². The van der Waals surface area contributed by atoms with Gasteiger partial charge in [0.1, 0.15) is 0 Å². The Morgan fingerprint density at radius 3 is 2.61 bits per heavy atom. The van der Waals surface area contributed by atoms with Crippen LogP contribution in [0.25, 0.3) is 5.69 Å². The summed E-state index contributed by atoms with van der Waals surface area (Å²) in [5.41, 5.74) is 4.32. The molecule has 0 saturated carbocycles. The van der Waals surface area contributed by atoms with Crippen molar-refractivity contribution in [3.8, 4) is 11.6 Å². The fraction of sp³-hybridized carbons (Fsp3) is 0.400. The van der Waals surface area contributed by atoms with Gasteiger partial charge in [-0.15, -0.1) is 0 Å². The van der Waals surface area contributed by atoms with Crippen LogP contribution >= 0.6 is 0 Å². The lowest BCUT2D eigenvalue weighted by Gasteiger charge is -2.06.